The van der Waals surface area contributed by atoms with Gasteiger partial charge in [0.1, 0.15) is 0 Å². The minimum Gasteiger partial charge on any atom is -0.348 e. The van der Waals surface area contributed by atoms with Crippen LogP contribution in [-0.2, 0) is 6.54 Å². The summed E-state index contributed by atoms with van der Waals surface area (Å²) < 4.78 is 0. The van der Waals surface area contributed by atoms with Crippen LogP contribution in [0.3, 0.4) is 0 Å². The molecule has 2 aromatic carbocycles. The highest BCUT2D eigenvalue weighted by Gasteiger charge is 2.08. The van der Waals surface area contributed by atoms with E-state index in [1.54, 1.807) is 54.9 Å². The zero-order valence-electron chi connectivity index (χ0n) is 13.0. The first-order valence-electron chi connectivity index (χ1n) is 7.48. The molecule has 5 nitrogen and oxygen atoms in total. The van der Waals surface area contributed by atoms with E-state index < -0.39 is 0 Å². The SMILES string of the molecule is O=C(NCc1ccc(Cl)cc1Cl)c1cccc(Nc2ncccn2)c1. The first-order valence-corrected chi connectivity index (χ1v) is 8.23. The topological polar surface area (TPSA) is 66.9 Å². The highest BCUT2D eigenvalue weighted by Crippen LogP contribution is 2.21. The molecule has 0 radical (unpaired) electrons. The van der Waals surface area contributed by atoms with Gasteiger partial charge in [0.05, 0.1) is 0 Å². The number of amides is 1. The highest BCUT2D eigenvalue weighted by atomic mass is 35.5. The van der Waals surface area contributed by atoms with E-state index in [0.29, 0.717) is 28.1 Å². The van der Waals surface area contributed by atoms with Crippen LogP contribution in [0.5, 0.6) is 0 Å². The van der Waals surface area contributed by atoms with Gasteiger partial charge < -0.3 is 10.6 Å². The molecule has 0 bridgehead atoms. The van der Waals surface area contributed by atoms with Crippen LogP contribution < -0.4 is 10.6 Å². The lowest BCUT2D eigenvalue weighted by Gasteiger charge is -2.09. The van der Waals surface area contributed by atoms with Crippen LogP contribution in [-0.4, -0.2) is 15.9 Å². The maximum Gasteiger partial charge on any atom is 0.251 e. The minimum atomic E-state index is -0.205. The molecular formula is C18H14Cl2N4O. The Hall–Kier alpha value is -2.63. The third-order valence-electron chi connectivity index (χ3n) is 3.40. The molecule has 2 N–H and O–H groups in total. The predicted octanol–water partition coefficient (Wildman–Crippen LogP) is 4.46. The van der Waals surface area contributed by atoms with Gasteiger partial charge in [0.25, 0.3) is 5.91 Å². The van der Waals surface area contributed by atoms with Crippen LogP contribution in [0.2, 0.25) is 10.0 Å². The Balaban J connectivity index is 1.67. The summed E-state index contributed by atoms with van der Waals surface area (Å²) in [7, 11) is 0. The quantitative estimate of drug-likeness (QED) is 0.693. The second-order valence-electron chi connectivity index (χ2n) is 5.20. The van der Waals surface area contributed by atoms with E-state index in [2.05, 4.69) is 20.6 Å². The van der Waals surface area contributed by atoms with Gasteiger partial charge in [-0.25, -0.2) is 9.97 Å². The number of hydrogen-bond acceptors (Lipinski definition) is 4. The molecule has 0 aliphatic carbocycles. The summed E-state index contributed by atoms with van der Waals surface area (Å²) in [6.07, 6.45) is 3.28. The van der Waals surface area contributed by atoms with Crippen LogP contribution in [0.1, 0.15) is 15.9 Å². The first-order chi connectivity index (χ1) is 12.1. The molecule has 7 heteroatoms. The van der Waals surface area contributed by atoms with E-state index in [1.165, 1.54) is 0 Å². The maximum atomic E-state index is 12.4. The molecule has 0 unspecified atom stereocenters. The summed E-state index contributed by atoms with van der Waals surface area (Å²) in [5, 5.41) is 6.97. The van der Waals surface area contributed by atoms with Crippen LogP contribution >= 0.6 is 23.2 Å². The number of nitrogens with zero attached hydrogens (tertiary/aromatic N) is 2. The zero-order chi connectivity index (χ0) is 17.6. The van der Waals surface area contributed by atoms with Crippen molar-refractivity contribution in [2.45, 2.75) is 6.54 Å². The van der Waals surface area contributed by atoms with E-state index in [9.17, 15) is 4.79 Å². The third kappa shape index (κ3) is 4.68. The number of aromatic nitrogens is 2. The van der Waals surface area contributed by atoms with Crippen molar-refractivity contribution < 1.29 is 4.79 Å². The second kappa shape index (κ2) is 7.96. The number of nitrogens with one attached hydrogen (secondary N) is 2. The summed E-state index contributed by atoms with van der Waals surface area (Å²) in [4.78, 5) is 20.5. The monoisotopic (exact) mass is 372 g/mol. The van der Waals surface area contributed by atoms with E-state index in [-0.39, 0.29) is 5.91 Å². The van der Waals surface area contributed by atoms with Gasteiger partial charge in [0.2, 0.25) is 5.95 Å². The molecule has 0 aliphatic heterocycles. The van der Waals surface area contributed by atoms with E-state index in [0.717, 1.165) is 11.3 Å². The molecule has 0 atom stereocenters. The van der Waals surface area contributed by atoms with Gasteiger partial charge in [-0.2, -0.15) is 0 Å². The predicted molar refractivity (Wildman–Crippen MR) is 99.4 cm³/mol. The molecule has 0 aliphatic rings. The molecule has 126 valence electrons. The molecule has 0 saturated carbocycles. The molecule has 3 rings (SSSR count). The van der Waals surface area contributed by atoms with E-state index >= 15 is 0 Å². The van der Waals surface area contributed by atoms with Crippen LogP contribution in [0, 0.1) is 0 Å². The fourth-order valence-electron chi connectivity index (χ4n) is 2.17. The van der Waals surface area contributed by atoms with E-state index in [4.69, 9.17) is 23.2 Å². The molecule has 3 aromatic rings. The van der Waals surface area contributed by atoms with Gasteiger partial charge >= 0.3 is 0 Å². The van der Waals surface area contributed by atoms with Gasteiger partial charge in [-0.15, -0.1) is 0 Å². The summed E-state index contributed by atoms with van der Waals surface area (Å²) in [6, 6.07) is 14.0. The number of anilines is 2. The molecular weight excluding hydrogens is 359 g/mol. The van der Waals surface area contributed by atoms with Crippen molar-refractivity contribution in [1.82, 2.24) is 15.3 Å². The Morgan fingerprint density at radius 3 is 2.56 bits per heavy atom. The fourth-order valence-corrected chi connectivity index (χ4v) is 2.65. The van der Waals surface area contributed by atoms with E-state index in [1.807, 2.05) is 6.07 Å². The largest absolute Gasteiger partial charge is 0.348 e. The van der Waals surface area contributed by atoms with Crippen LogP contribution in [0.4, 0.5) is 11.6 Å². The molecule has 1 aromatic heterocycles. The Kier molecular flexibility index (Phi) is 5.48. The summed E-state index contributed by atoms with van der Waals surface area (Å²) in [5.41, 5.74) is 2.04. The third-order valence-corrected chi connectivity index (χ3v) is 3.99. The lowest BCUT2D eigenvalue weighted by molar-refractivity contribution is 0.0951. The Morgan fingerprint density at radius 1 is 1.00 bits per heavy atom. The number of carbonyl (C=O) groups excluding carboxylic acids is 1. The molecule has 25 heavy (non-hydrogen) atoms. The summed E-state index contributed by atoms with van der Waals surface area (Å²) in [6.45, 7) is 0.314. The normalized spacial score (nSPS) is 10.3. The van der Waals surface area contributed by atoms with Crippen molar-refractivity contribution in [3.8, 4) is 0 Å². The summed E-state index contributed by atoms with van der Waals surface area (Å²) in [5.74, 6) is 0.261. The van der Waals surface area contributed by atoms with Gasteiger partial charge in [0.15, 0.2) is 0 Å². The van der Waals surface area contributed by atoms with Crippen LogP contribution in [0.25, 0.3) is 0 Å². The maximum absolute atomic E-state index is 12.4. The van der Waals surface area contributed by atoms with Crippen molar-refractivity contribution >= 4 is 40.7 Å². The lowest BCUT2D eigenvalue weighted by atomic mass is 10.1. The number of hydrogen-bond donors (Lipinski definition) is 2. The van der Waals surface area contributed by atoms with Gasteiger partial charge in [0, 0.05) is 40.2 Å². The van der Waals surface area contributed by atoms with Gasteiger partial charge in [-0.05, 0) is 42.0 Å². The second-order valence-corrected chi connectivity index (χ2v) is 6.04. The number of benzene rings is 2. The van der Waals surface area contributed by atoms with Crippen molar-refractivity contribution in [2.75, 3.05) is 5.32 Å². The Morgan fingerprint density at radius 2 is 1.80 bits per heavy atom. The van der Waals surface area contributed by atoms with Gasteiger partial charge in [-0.3, -0.25) is 4.79 Å². The summed E-state index contributed by atoms with van der Waals surface area (Å²) >= 11 is 12.0. The number of rotatable bonds is 5. The van der Waals surface area contributed by atoms with Crippen molar-refractivity contribution in [1.29, 1.82) is 0 Å². The molecule has 1 amide bonds. The fraction of sp³-hybridized carbons (Fsp3) is 0.0556. The average Bonchev–Trinajstić information content (AvgIpc) is 2.62. The molecule has 0 saturated heterocycles. The molecule has 1 heterocycles. The minimum absolute atomic E-state index is 0.205. The van der Waals surface area contributed by atoms with Crippen molar-refractivity contribution in [3.05, 3.63) is 82.1 Å². The molecule has 0 fully saturated rings. The Labute approximate surface area is 155 Å². The Bertz CT molecular complexity index is 887. The first kappa shape index (κ1) is 17.2. The van der Waals surface area contributed by atoms with Crippen molar-refractivity contribution in [2.24, 2.45) is 0 Å². The smallest absolute Gasteiger partial charge is 0.251 e. The lowest BCUT2D eigenvalue weighted by Crippen LogP contribution is -2.23. The highest BCUT2D eigenvalue weighted by molar-refractivity contribution is 6.35. The standard InChI is InChI=1S/C18H14Cl2N4O/c19-14-6-5-13(16(20)10-14)11-23-17(25)12-3-1-4-15(9-12)24-18-21-7-2-8-22-18/h1-10H,11H2,(H,23,25)(H,21,22,24). The van der Waals surface area contributed by atoms with Crippen molar-refractivity contribution in [3.63, 3.8) is 0 Å². The number of carbonyl (C=O) groups is 1. The molecule has 0 spiro atoms. The zero-order valence-corrected chi connectivity index (χ0v) is 14.6. The van der Waals surface area contributed by atoms with Crippen LogP contribution in [0.15, 0.2) is 60.9 Å². The van der Waals surface area contributed by atoms with Gasteiger partial charge in [-0.1, -0.05) is 35.3 Å². The average molecular weight is 373 g/mol. The number of halogens is 2.